The lowest BCUT2D eigenvalue weighted by Crippen LogP contribution is -2.44. The second kappa shape index (κ2) is 10.3. The summed E-state index contributed by atoms with van der Waals surface area (Å²) in [4.78, 5) is 25.5. The summed E-state index contributed by atoms with van der Waals surface area (Å²) in [5.41, 5.74) is 3.19. The predicted molar refractivity (Wildman–Crippen MR) is 151 cm³/mol. The smallest absolute Gasteiger partial charge is 0.261 e. The molecule has 0 bridgehead atoms. The maximum absolute atomic E-state index is 13.5. The molecule has 1 amide bonds. The quantitative estimate of drug-likeness (QED) is 0.268. The van der Waals surface area contributed by atoms with Gasteiger partial charge in [-0.1, -0.05) is 29.8 Å². The first-order valence-corrected chi connectivity index (χ1v) is 13.7. The van der Waals surface area contributed by atoms with Gasteiger partial charge in [0.05, 0.1) is 15.3 Å². The number of piperidine rings is 1. The Hall–Kier alpha value is -3.53. The Morgan fingerprint density at radius 3 is 2.76 bits per heavy atom. The molecule has 0 aliphatic carbocycles. The van der Waals surface area contributed by atoms with Crippen LogP contribution in [-0.4, -0.2) is 44.5 Å². The highest BCUT2D eigenvalue weighted by Gasteiger charge is 2.23. The van der Waals surface area contributed by atoms with Crippen molar-refractivity contribution in [2.75, 3.05) is 18.4 Å². The zero-order chi connectivity index (χ0) is 26.2. The predicted octanol–water partition coefficient (Wildman–Crippen LogP) is 6.11. The van der Waals surface area contributed by atoms with Crippen LogP contribution in [0.2, 0.25) is 5.02 Å². The van der Waals surface area contributed by atoms with Crippen LogP contribution in [0.4, 0.5) is 15.9 Å². The minimum atomic E-state index is -0.487. The summed E-state index contributed by atoms with van der Waals surface area (Å²) in [6.45, 7) is 2.77. The molecule has 194 valence electrons. The van der Waals surface area contributed by atoms with Gasteiger partial charge in [-0.2, -0.15) is 0 Å². The number of carbonyl (C=O) groups is 1. The van der Waals surface area contributed by atoms with Crippen LogP contribution in [0.5, 0.6) is 0 Å². The van der Waals surface area contributed by atoms with Crippen molar-refractivity contribution >= 4 is 61.5 Å². The first-order valence-electron chi connectivity index (χ1n) is 12.5. The van der Waals surface area contributed by atoms with E-state index in [-0.39, 0.29) is 17.0 Å². The third-order valence-electron chi connectivity index (χ3n) is 7.03. The number of halogens is 2. The van der Waals surface area contributed by atoms with Gasteiger partial charge >= 0.3 is 0 Å². The Balaban J connectivity index is 1.09. The lowest BCUT2D eigenvalue weighted by atomic mass is 10.0. The fourth-order valence-electron chi connectivity index (χ4n) is 5.06. The van der Waals surface area contributed by atoms with E-state index in [0.717, 1.165) is 37.9 Å². The number of para-hydroxylation sites is 1. The van der Waals surface area contributed by atoms with Crippen molar-refractivity contribution in [3.05, 3.63) is 82.3 Å². The van der Waals surface area contributed by atoms with Crippen LogP contribution in [0, 0.1) is 5.82 Å². The molecule has 0 saturated carbocycles. The Morgan fingerprint density at radius 2 is 1.95 bits per heavy atom. The number of hydrogen-bond acceptors (Lipinski definition) is 6. The van der Waals surface area contributed by atoms with Crippen molar-refractivity contribution in [1.29, 1.82) is 0 Å². The van der Waals surface area contributed by atoms with Crippen LogP contribution in [0.1, 0.15) is 28.1 Å². The average Bonchev–Trinajstić information content (AvgIpc) is 3.50. The number of thiophene rings is 1. The zero-order valence-corrected chi connectivity index (χ0v) is 22.3. The number of amides is 1. The van der Waals surface area contributed by atoms with Gasteiger partial charge in [0, 0.05) is 55.5 Å². The molecule has 3 aromatic heterocycles. The topological polar surface area (TPSA) is 75.1 Å². The van der Waals surface area contributed by atoms with Gasteiger partial charge in [-0.25, -0.2) is 14.4 Å². The van der Waals surface area contributed by atoms with Gasteiger partial charge in [0.2, 0.25) is 0 Å². The second-order valence-electron chi connectivity index (χ2n) is 9.61. The number of anilines is 2. The van der Waals surface area contributed by atoms with Crippen molar-refractivity contribution in [3.63, 3.8) is 0 Å². The largest absolute Gasteiger partial charge is 0.350 e. The summed E-state index contributed by atoms with van der Waals surface area (Å²) < 4.78 is 15.7. The fourth-order valence-corrected chi connectivity index (χ4v) is 6.14. The molecule has 1 aliphatic rings. The summed E-state index contributed by atoms with van der Waals surface area (Å²) >= 11 is 7.24. The Bertz CT molecular complexity index is 1640. The first kappa shape index (κ1) is 24.8. The second-order valence-corrected chi connectivity index (χ2v) is 11.0. The minimum absolute atomic E-state index is 0.0221. The molecule has 1 aliphatic heterocycles. The Kier molecular flexibility index (Phi) is 6.73. The first-order chi connectivity index (χ1) is 18.4. The maximum atomic E-state index is 13.5. The van der Waals surface area contributed by atoms with Crippen LogP contribution in [-0.2, 0) is 13.6 Å². The van der Waals surface area contributed by atoms with Gasteiger partial charge in [0.1, 0.15) is 22.8 Å². The summed E-state index contributed by atoms with van der Waals surface area (Å²) in [7, 11) is 2.09. The highest BCUT2D eigenvalue weighted by molar-refractivity contribution is 7.20. The van der Waals surface area contributed by atoms with E-state index in [1.807, 2.05) is 0 Å². The normalized spacial score (nSPS) is 14.8. The van der Waals surface area contributed by atoms with Gasteiger partial charge in [0.25, 0.3) is 5.91 Å². The molecule has 7 nitrogen and oxygen atoms in total. The van der Waals surface area contributed by atoms with Crippen molar-refractivity contribution in [1.82, 2.24) is 24.8 Å². The third-order valence-corrected chi connectivity index (χ3v) is 8.36. The van der Waals surface area contributed by atoms with E-state index in [1.54, 1.807) is 12.1 Å². The number of benzene rings is 2. The van der Waals surface area contributed by atoms with E-state index in [9.17, 15) is 9.18 Å². The van der Waals surface area contributed by atoms with Crippen molar-refractivity contribution in [2.45, 2.75) is 25.4 Å². The molecule has 5 aromatic rings. The number of aryl methyl sites for hydroxylation is 1. The summed E-state index contributed by atoms with van der Waals surface area (Å²) in [5.74, 6) is -0.0510. The molecule has 6 rings (SSSR count). The zero-order valence-electron chi connectivity index (χ0n) is 20.7. The molecule has 0 atom stereocenters. The van der Waals surface area contributed by atoms with E-state index in [0.29, 0.717) is 21.2 Å². The number of hydrogen-bond donors (Lipinski definition) is 2. The number of carbonyl (C=O) groups excluding carboxylic acids is 1. The molecule has 38 heavy (non-hydrogen) atoms. The van der Waals surface area contributed by atoms with Gasteiger partial charge in [-0.15, -0.1) is 11.3 Å². The molecule has 10 heteroatoms. The standard InChI is InChI=1S/C28H26ClFN6OS/c1-35-14-17(20-4-2-3-5-24(20)35)15-36-10-8-18(9-11-36)34-27(37)25-13-21-26(31-16-32-28(21)38-25)33-19-6-7-23(30)22(29)12-19/h2-7,12-14,16,18H,8-11,15H2,1H3,(H,34,37)(H,31,32,33). The Morgan fingerprint density at radius 1 is 1.13 bits per heavy atom. The molecule has 0 unspecified atom stereocenters. The van der Waals surface area contributed by atoms with Gasteiger partial charge in [0.15, 0.2) is 0 Å². The number of nitrogens with zero attached hydrogens (tertiary/aromatic N) is 4. The lowest BCUT2D eigenvalue weighted by molar-refractivity contribution is 0.0913. The van der Waals surface area contributed by atoms with Crippen LogP contribution in [0.25, 0.3) is 21.1 Å². The molecule has 0 radical (unpaired) electrons. The summed E-state index contributed by atoms with van der Waals surface area (Å²) in [5, 5.41) is 8.41. The SMILES string of the molecule is Cn1cc(CN2CCC(NC(=O)c3cc4c(Nc5ccc(F)c(Cl)c5)ncnc4s3)CC2)c2ccccc21. The molecule has 1 saturated heterocycles. The van der Waals surface area contributed by atoms with E-state index in [4.69, 9.17) is 11.6 Å². The van der Waals surface area contributed by atoms with Crippen LogP contribution >= 0.6 is 22.9 Å². The van der Waals surface area contributed by atoms with Crippen molar-refractivity contribution < 1.29 is 9.18 Å². The number of likely N-dealkylation sites (tertiary alicyclic amines) is 1. The van der Waals surface area contributed by atoms with Gasteiger partial charge < -0.3 is 15.2 Å². The van der Waals surface area contributed by atoms with E-state index >= 15 is 0 Å². The van der Waals surface area contributed by atoms with Gasteiger partial charge in [-0.05, 0) is 48.7 Å². The number of rotatable bonds is 6. The highest BCUT2D eigenvalue weighted by Crippen LogP contribution is 2.31. The molecule has 0 spiro atoms. The summed E-state index contributed by atoms with van der Waals surface area (Å²) in [6, 6.07) is 14.8. The summed E-state index contributed by atoms with van der Waals surface area (Å²) in [6.07, 6.45) is 5.47. The molecule has 2 aromatic carbocycles. The molecular formula is C28H26ClFN6OS. The molecule has 2 N–H and O–H groups in total. The van der Waals surface area contributed by atoms with E-state index < -0.39 is 5.82 Å². The number of fused-ring (bicyclic) bond motifs is 2. The Labute approximate surface area is 228 Å². The van der Waals surface area contributed by atoms with Crippen LogP contribution in [0.3, 0.4) is 0 Å². The minimum Gasteiger partial charge on any atom is -0.350 e. The third kappa shape index (κ3) is 4.97. The number of aromatic nitrogens is 3. The maximum Gasteiger partial charge on any atom is 0.261 e. The van der Waals surface area contributed by atoms with E-state index in [2.05, 4.69) is 67.6 Å². The molecular weight excluding hydrogens is 523 g/mol. The lowest BCUT2D eigenvalue weighted by Gasteiger charge is -2.32. The van der Waals surface area contributed by atoms with Gasteiger partial charge in [-0.3, -0.25) is 9.69 Å². The van der Waals surface area contributed by atoms with Crippen LogP contribution in [0.15, 0.2) is 61.1 Å². The molecule has 1 fully saturated rings. The number of nitrogens with one attached hydrogen (secondary N) is 2. The molecule has 4 heterocycles. The monoisotopic (exact) mass is 548 g/mol. The van der Waals surface area contributed by atoms with Crippen molar-refractivity contribution in [2.24, 2.45) is 7.05 Å². The highest BCUT2D eigenvalue weighted by atomic mass is 35.5. The average molecular weight is 549 g/mol. The van der Waals surface area contributed by atoms with Crippen LogP contribution < -0.4 is 10.6 Å². The fraction of sp³-hybridized carbons (Fsp3) is 0.250. The van der Waals surface area contributed by atoms with Crippen molar-refractivity contribution in [3.8, 4) is 0 Å². The van der Waals surface area contributed by atoms with E-state index in [1.165, 1.54) is 46.3 Å².